The number of nitro benzene ring substituents is 1. The summed E-state index contributed by atoms with van der Waals surface area (Å²) in [6.45, 7) is 0.406. The first kappa shape index (κ1) is 13.2. The number of para-hydroxylation sites is 1. The van der Waals surface area contributed by atoms with E-state index in [0.717, 1.165) is 23.8 Å². The molecular formula is C14H11FN2O4. The second-order valence-corrected chi connectivity index (χ2v) is 4.42. The van der Waals surface area contributed by atoms with E-state index in [-0.39, 0.29) is 24.7 Å². The van der Waals surface area contributed by atoms with Gasteiger partial charge in [0.05, 0.1) is 4.92 Å². The Morgan fingerprint density at radius 3 is 2.95 bits per heavy atom. The molecule has 0 saturated heterocycles. The number of nitrogens with zero attached hydrogens (tertiary/aromatic N) is 1. The predicted molar refractivity (Wildman–Crippen MR) is 72.9 cm³/mol. The van der Waals surface area contributed by atoms with Crippen molar-refractivity contribution in [2.24, 2.45) is 0 Å². The summed E-state index contributed by atoms with van der Waals surface area (Å²) in [5.74, 6) is 0.688. The van der Waals surface area contributed by atoms with Gasteiger partial charge in [-0.3, -0.25) is 10.1 Å². The van der Waals surface area contributed by atoms with Crippen molar-refractivity contribution in [1.29, 1.82) is 0 Å². The molecule has 21 heavy (non-hydrogen) atoms. The van der Waals surface area contributed by atoms with E-state index in [1.807, 2.05) is 6.07 Å². The lowest BCUT2D eigenvalue weighted by Crippen LogP contribution is -2.04. The fourth-order valence-electron chi connectivity index (χ4n) is 2.13. The Hall–Kier alpha value is -2.83. The molecule has 1 heterocycles. The Morgan fingerprint density at radius 2 is 2.14 bits per heavy atom. The van der Waals surface area contributed by atoms with Crippen molar-refractivity contribution in [2.45, 2.75) is 6.54 Å². The Morgan fingerprint density at radius 1 is 1.29 bits per heavy atom. The number of anilines is 1. The maximum atomic E-state index is 13.2. The molecule has 108 valence electrons. The van der Waals surface area contributed by atoms with Gasteiger partial charge >= 0.3 is 0 Å². The fraction of sp³-hybridized carbons (Fsp3) is 0.143. The van der Waals surface area contributed by atoms with Crippen molar-refractivity contribution in [3.05, 3.63) is 57.9 Å². The molecule has 0 spiro atoms. The molecule has 1 aliphatic heterocycles. The first-order valence-electron chi connectivity index (χ1n) is 6.20. The van der Waals surface area contributed by atoms with Crippen molar-refractivity contribution in [3.8, 4) is 11.5 Å². The number of benzene rings is 2. The van der Waals surface area contributed by atoms with Gasteiger partial charge in [0, 0.05) is 24.2 Å². The molecule has 0 atom stereocenters. The molecular weight excluding hydrogens is 279 g/mol. The van der Waals surface area contributed by atoms with Crippen LogP contribution in [0.4, 0.5) is 15.8 Å². The lowest BCUT2D eigenvalue weighted by atomic mass is 10.1. The van der Waals surface area contributed by atoms with Crippen LogP contribution in [-0.2, 0) is 6.54 Å². The van der Waals surface area contributed by atoms with Gasteiger partial charge in [-0.05, 0) is 12.1 Å². The van der Waals surface area contributed by atoms with Crippen LogP contribution < -0.4 is 14.8 Å². The summed E-state index contributed by atoms with van der Waals surface area (Å²) in [4.78, 5) is 10.4. The van der Waals surface area contributed by atoms with Gasteiger partial charge in [0.25, 0.3) is 5.69 Å². The van der Waals surface area contributed by atoms with E-state index in [4.69, 9.17) is 9.47 Å². The second kappa shape index (κ2) is 5.28. The predicted octanol–water partition coefficient (Wildman–Crippen LogP) is 3.07. The average molecular weight is 290 g/mol. The molecule has 1 aliphatic rings. The Bertz CT molecular complexity index is 705. The van der Waals surface area contributed by atoms with Gasteiger partial charge in [-0.1, -0.05) is 12.1 Å². The summed E-state index contributed by atoms with van der Waals surface area (Å²) in [7, 11) is 0. The summed E-state index contributed by atoms with van der Waals surface area (Å²) in [5.41, 5.74) is 0.723. The number of hydrogen-bond donors (Lipinski definition) is 1. The Kier molecular flexibility index (Phi) is 3.31. The van der Waals surface area contributed by atoms with Gasteiger partial charge in [-0.15, -0.1) is 0 Å². The van der Waals surface area contributed by atoms with E-state index in [1.165, 1.54) is 0 Å². The maximum Gasteiger partial charge on any atom is 0.292 e. The van der Waals surface area contributed by atoms with Gasteiger partial charge < -0.3 is 14.8 Å². The van der Waals surface area contributed by atoms with Crippen LogP contribution in [0.15, 0.2) is 36.4 Å². The van der Waals surface area contributed by atoms with Crippen molar-refractivity contribution >= 4 is 11.4 Å². The minimum absolute atomic E-state index is 0.122. The van der Waals surface area contributed by atoms with Gasteiger partial charge in [-0.2, -0.15) is 0 Å². The van der Waals surface area contributed by atoms with Crippen molar-refractivity contribution < 1.29 is 18.8 Å². The van der Waals surface area contributed by atoms with Gasteiger partial charge in [0.2, 0.25) is 6.79 Å². The number of nitro groups is 1. The van der Waals surface area contributed by atoms with E-state index >= 15 is 0 Å². The summed E-state index contributed by atoms with van der Waals surface area (Å²) < 4.78 is 23.9. The number of halogens is 1. The van der Waals surface area contributed by atoms with Crippen LogP contribution in [0.1, 0.15) is 5.56 Å². The number of hydrogen-bond acceptors (Lipinski definition) is 5. The highest BCUT2D eigenvalue weighted by Crippen LogP contribution is 2.36. The average Bonchev–Trinajstić information content (AvgIpc) is 2.93. The Balaban J connectivity index is 1.84. The zero-order valence-electron chi connectivity index (χ0n) is 10.8. The lowest BCUT2D eigenvalue weighted by Gasteiger charge is -2.09. The third-order valence-corrected chi connectivity index (χ3v) is 3.10. The van der Waals surface area contributed by atoms with Crippen LogP contribution in [0.25, 0.3) is 0 Å². The van der Waals surface area contributed by atoms with E-state index in [9.17, 15) is 14.5 Å². The number of rotatable bonds is 4. The SMILES string of the molecule is O=[N+]([O-])c1ccc(F)cc1NCc1cccc2c1OCO2. The monoisotopic (exact) mass is 290 g/mol. The normalized spacial score (nSPS) is 12.2. The lowest BCUT2D eigenvalue weighted by molar-refractivity contribution is -0.384. The van der Waals surface area contributed by atoms with Gasteiger partial charge in [0.1, 0.15) is 11.5 Å². The highest BCUT2D eigenvalue weighted by atomic mass is 19.1. The van der Waals surface area contributed by atoms with Crippen LogP contribution in [0, 0.1) is 15.9 Å². The molecule has 0 unspecified atom stereocenters. The molecule has 7 heteroatoms. The molecule has 1 N–H and O–H groups in total. The quantitative estimate of drug-likeness (QED) is 0.692. The third-order valence-electron chi connectivity index (χ3n) is 3.10. The summed E-state index contributed by atoms with van der Waals surface area (Å²) >= 11 is 0. The molecule has 0 aromatic heterocycles. The largest absolute Gasteiger partial charge is 0.454 e. The van der Waals surface area contributed by atoms with E-state index in [2.05, 4.69) is 5.32 Å². The first-order valence-corrected chi connectivity index (χ1v) is 6.20. The molecule has 0 bridgehead atoms. The molecule has 0 radical (unpaired) electrons. The first-order chi connectivity index (χ1) is 10.1. The van der Waals surface area contributed by atoms with Crippen molar-refractivity contribution in [1.82, 2.24) is 0 Å². The number of nitrogens with one attached hydrogen (secondary N) is 1. The van der Waals surface area contributed by atoms with Gasteiger partial charge in [0.15, 0.2) is 11.5 Å². The van der Waals surface area contributed by atoms with Crippen LogP contribution in [-0.4, -0.2) is 11.7 Å². The van der Waals surface area contributed by atoms with Crippen molar-refractivity contribution in [3.63, 3.8) is 0 Å². The number of ether oxygens (including phenoxy) is 2. The van der Waals surface area contributed by atoms with Crippen LogP contribution in [0.5, 0.6) is 11.5 Å². The minimum Gasteiger partial charge on any atom is -0.454 e. The topological polar surface area (TPSA) is 73.6 Å². The van der Waals surface area contributed by atoms with Crippen LogP contribution in [0.3, 0.4) is 0 Å². The highest BCUT2D eigenvalue weighted by Gasteiger charge is 2.19. The van der Waals surface area contributed by atoms with Crippen LogP contribution in [0.2, 0.25) is 0 Å². The Labute approximate surface area is 119 Å². The zero-order chi connectivity index (χ0) is 14.8. The third kappa shape index (κ3) is 2.58. The zero-order valence-corrected chi connectivity index (χ0v) is 10.8. The minimum atomic E-state index is -0.559. The molecule has 2 aromatic rings. The molecule has 0 aliphatic carbocycles. The van der Waals surface area contributed by atoms with Gasteiger partial charge in [-0.25, -0.2) is 4.39 Å². The molecule has 0 saturated carbocycles. The van der Waals surface area contributed by atoms with Crippen LogP contribution >= 0.6 is 0 Å². The smallest absolute Gasteiger partial charge is 0.292 e. The summed E-state index contributed by atoms with van der Waals surface area (Å²) in [6.07, 6.45) is 0. The highest BCUT2D eigenvalue weighted by molar-refractivity contribution is 5.62. The molecule has 6 nitrogen and oxygen atoms in total. The summed E-state index contributed by atoms with van der Waals surface area (Å²) in [6, 6.07) is 8.67. The van der Waals surface area contributed by atoms with Crippen molar-refractivity contribution in [2.75, 3.05) is 12.1 Å². The summed E-state index contributed by atoms with van der Waals surface area (Å²) in [5, 5.41) is 13.8. The second-order valence-electron chi connectivity index (χ2n) is 4.42. The standard InChI is InChI=1S/C14H11FN2O4/c15-10-4-5-12(17(18)19)11(6-10)16-7-9-2-1-3-13-14(9)21-8-20-13/h1-6,16H,7-8H2. The maximum absolute atomic E-state index is 13.2. The fourth-order valence-corrected chi connectivity index (χ4v) is 2.13. The molecule has 2 aromatic carbocycles. The van der Waals surface area contributed by atoms with E-state index < -0.39 is 10.7 Å². The molecule has 3 rings (SSSR count). The van der Waals surface area contributed by atoms with E-state index in [0.29, 0.717) is 11.5 Å². The molecule has 0 fully saturated rings. The number of fused-ring (bicyclic) bond motifs is 1. The van der Waals surface area contributed by atoms with E-state index in [1.54, 1.807) is 12.1 Å². The molecule has 0 amide bonds.